The number of amides is 1. The predicted octanol–water partition coefficient (Wildman–Crippen LogP) is 5.41. The van der Waals surface area contributed by atoms with Gasteiger partial charge in [0.25, 0.3) is 10.0 Å². The molecule has 0 saturated heterocycles. The summed E-state index contributed by atoms with van der Waals surface area (Å²) in [5, 5.41) is 3.36. The highest BCUT2D eigenvalue weighted by molar-refractivity contribution is 7.92. The standard InChI is InChI=1S/C24H25ClN2O3S/c1-16-5-8-22(9-6-16)31(29,30)27(21-12-17(2)11-18(3)13-21)15-24(28)26-23-10-7-20(25)14-19(23)4/h5-14H,15H2,1-4H3,(H,26,28). The average molecular weight is 457 g/mol. The highest BCUT2D eigenvalue weighted by Gasteiger charge is 2.27. The van der Waals surface area contributed by atoms with Crippen LogP contribution in [0, 0.1) is 27.7 Å². The van der Waals surface area contributed by atoms with Gasteiger partial charge in [-0.2, -0.15) is 0 Å². The first-order valence-corrected chi connectivity index (χ1v) is 11.6. The number of hydrogen-bond acceptors (Lipinski definition) is 3. The predicted molar refractivity (Wildman–Crippen MR) is 126 cm³/mol. The molecule has 31 heavy (non-hydrogen) atoms. The van der Waals surface area contributed by atoms with Crippen LogP contribution in [0.3, 0.4) is 0 Å². The Bertz CT molecular complexity index is 1200. The van der Waals surface area contributed by atoms with Gasteiger partial charge in [0, 0.05) is 10.7 Å². The van der Waals surface area contributed by atoms with Crippen LogP contribution in [-0.2, 0) is 14.8 Å². The monoisotopic (exact) mass is 456 g/mol. The number of benzene rings is 3. The summed E-state index contributed by atoms with van der Waals surface area (Å²) in [6.07, 6.45) is 0. The van der Waals surface area contributed by atoms with Crippen LogP contribution in [0.2, 0.25) is 5.02 Å². The Hall–Kier alpha value is -2.83. The summed E-state index contributed by atoms with van der Waals surface area (Å²) in [7, 11) is -3.96. The molecular weight excluding hydrogens is 432 g/mol. The van der Waals surface area contributed by atoms with Crippen LogP contribution in [0.1, 0.15) is 22.3 Å². The number of halogens is 1. The molecule has 0 aromatic heterocycles. The lowest BCUT2D eigenvalue weighted by molar-refractivity contribution is -0.114. The number of sulfonamides is 1. The van der Waals surface area contributed by atoms with Gasteiger partial charge in [0.1, 0.15) is 6.54 Å². The quantitative estimate of drug-likeness (QED) is 0.539. The van der Waals surface area contributed by atoms with Crippen molar-refractivity contribution in [3.8, 4) is 0 Å². The Kier molecular flexibility index (Phi) is 6.72. The molecule has 0 saturated carbocycles. The van der Waals surface area contributed by atoms with Crippen LogP contribution in [0.15, 0.2) is 65.6 Å². The third kappa shape index (κ3) is 5.46. The summed E-state index contributed by atoms with van der Waals surface area (Å²) >= 11 is 5.99. The molecule has 0 heterocycles. The molecule has 0 radical (unpaired) electrons. The number of nitrogens with one attached hydrogen (secondary N) is 1. The topological polar surface area (TPSA) is 66.5 Å². The van der Waals surface area contributed by atoms with E-state index < -0.39 is 15.9 Å². The van der Waals surface area contributed by atoms with E-state index in [0.29, 0.717) is 16.4 Å². The fourth-order valence-electron chi connectivity index (χ4n) is 3.33. The van der Waals surface area contributed by atoms with Crippen LogP contribution in [-0.4, -0.2) is 20.9 Å². The van der Waals surface area contributed by atoms with Crippen molar-refractivity contribution in [1.29, 1.82) is 0 Å². The zero-order chi connectivity index (χ0) is 22.8. The first kappa shape index (κ1) is 22.8. The summed E-state index contributed by atoms with van der Waals surface area (Å²) in [5.41, 5.74) is 4.60. The fraction of sp³-hybridized carbons (Fsp3) is 0.208. The molecule has 0 aliphatic carbocycles. The Balaban J connectivity index is 1.99. The molecule has 3 aromatic rings. The van der Waals surface area contributed by atoms with Crippen molar-refractivity contribution < 1.29 is 13.2 Å². The Morgan fingerprint density at radius 2 is 1.48 bits per heavy atom. The van der Waals surface area contributed by atoms with Crippen molar-refractivity contribution in [3.63, 3.8) is 0 Å². The maximum atomic E-state index is 13.5. The number of anilines is 2. The van der Waals surface area contributed by atoms with Crippen LogP contribution >= 0.6 is 11.6 Å². The molecule has 0 spiro atoms. The lowest BCUT2D eigenvalue weighted by atomic mass is 10.1. The van der Waals surface area contributed by atoms with E-state index >= 15 is 0 Å². The lowest BCUT2D eigenvalue weighted by Gasteiger charge is -2.25. The van der Waals surface area contributed by atoms with Gasteiger partial charge < -0.3 is 5.32 Å². The van der Waals surface area contributed by atoms with Crippen molar-refractivity contribution in [2.75, 3.05) is 16.2 Å². The fourth-order valence-corrected chi connectivity index (χ4v) is 4.97. The van der Waals surface area contributed by atoms with Gasteiger partial charge in [-0.3, -0.25) is 9.10 Å². The van der Waals surface area contributed by atoms with E-state index in [1.54, 1.807) is 54.6 Å². The first-order chi connectivity index (χ1) is 14.6. The molecule has 1 N–H and O–H groups in total. The van der Waals surface area contributed by atoms with E-state index in [0.717, 1.165) is 26.6 Å². The van der Waals surface area contributed by atoms with E-state index in [4.69, 9.17) is 11.6 Å². The number of nitrogens with zero attached hydrogens (tertiary/aromatic N) is 1. The van der Waals surface area contributed by atoms with Crippen molar-refractivity contribution in [2.24, 2.45) is 0 Å². The Morgan fingerprint density at radius 3 is 2.06 bits per heavy atom. The molecule has 0 unspecified atom stereocenters. The number of carbonyl (C=O) groups is 1. The van der Waals surface area contributed by atoms with Gasteiger partial charge in [-0.25, -0.2) is 8.42 Å². The molecule has 0 fully saturated rings. The van der Waals surface area contributed by atoms with Crippen LogP contribution in [0.4, 0.5) is 11.4 Å². The first-order valence-electron chi connectivity index (χ1n) is 9.80. The third-order valence-electron chi connectivity index (χ3n) is 4.85. The van der Waals surface area contributed by atoms with E-state index in [1.165, 1.54) is 0 Å². The summed E-state index contributed by atoms with van der Waals surface area (Å²) in [4.78, 5) is 13.0. The molecule has 0 bridgehead atoms. The van der Waals surface area contributed by atoms with Crippen LogP contribution in [0.25, 0.3) is 0 Å². The second-order valence-electron chi connectivity index (χ2n) is 7.68. The van der Waals surface area contributed by atoms with E-state index in [1.807, 2.05) is 33.8 Å². The van der Waals surface area contributed by atoms with Crippen LogP contribution < -0.4 is 9.62 Å². The minimum Gasteiger partial charge on any atom is -0.324 e. The van der Waals surface area contributed by atoms with Gasteiger partial charge in [-0.1, -0.05) is 35.4 Å². The van der Waals surface area contributed by atoms with Crippen molar-refractivity contribution >= 4 is 38.9 Å². The summed E-state index contributed by atoms with van der Waals surface area (Å²) in [6, 6.07) is 17.2. The lowest BCUT2D eigenvalue weighted by Crippen LogP contribution is -2.38. The van der Waals surface area contributed by atoms with Gasteiger partial charge in [0.05, 0.1) is 10.6 Å². The Morgan fingerprint density at radius 1 is 0.871 bits per heavy atom. The van der Waals surface area contributed by atoms with E-state index in [9.17, 15) is 13.2 Å². The van der Waals surface area contributed by atoms with Gasteiger partial charge in [0.2, 0.25) is 5.91 Å². The zero-order valence-corrected chi connectivity index (χ0v) is 19.5. The van der Waals surface area contributed by atoms with E-state index in [2.05, 4.69) is 5.32 Å². The smallest absolute Gasteiger partial charge is 0.264 e. The van der Waals surface area contributed by atoms with Gasteiger partial charge >= 0.3 is 0 Å². The Labute approximate surface area is 188 Å². The maximum Gasteiger partial charge on any atom is 0.264 e. The van der Waals surface area contributed by atoms with Crippen molar-refractivity contribution in [1.82, 2.24) is 0 Å². The summed E-state index contributed by atoms with van der Waals surface area (Å²) in [5.74, 6) is -0.444. The summed E-state index contributed by atoms with van der Waals surface area (Å²) < 4.78 is 28.1. The van der Waals surface area contributed by atoms with Crippen LogP contribution in [0.5, 0.6) is 0 Å². The second-order valence-corrected chi connectivity index (χ2v) is 9.98. The molecule has 3 rings (SSSR count). The van der Waals surface area contributed by atoms with Gasteiger partial charge in [0.15, 0.2) is 0 Å². The number of aryl methyl sites for hydroxylation is 4. The summed E-state index contributed by atoms with van der Waals surface area (Å²) in [6.45, 7) is 7.14. The molecule has 0 aliphatic rings. The average Bonchev–Trinajstić information content (AvgIpc) is 2.68. The number of carbonyl (C=O) groups excluding carboxylic acids is 1. The second kappa shape index (κ2) is 9.12. The minimum absolute atomic E-state index is 0.132. The molecule has 7 heteroatoms. The number of rotatable bonds is 6. The molecule has 0 aliphatic heterocycles. The minimum atomic E-state index is -3.96. The molecule has 1 amide bonds. The highest BCUT2D eigenvalue weighted by Crippen LogP contribution is 2.27. The molecule has 0 atom stereocenters. The van der Waals surface area contributed by atoms with Crippen molar-refractivity contribution in [2.45, 2.75) is 32.6 Å². The van der Waals surface area contributed by atoms with E-state index in [-0.39, 0.29) is 11.4 Å². The van der Waals surface area contributed by atoms with Crippen molar-refractivity contribution in [3.05, 3.63) is 87.9 Å². The SMILES string of the molecule is Cc1ccc(S(=O)(=O)N(CC(=O)Nc2ccc(Cl)cc2C)c2cc(C)cc(C)c2)cc1. The molecule has 162 valence electrons. The third-order valence-corrected chi connectivity index (χ3v) is 6.88. The molecule has 5 nitrogen and oxygen atoms in total. The maximum absolute atomic E-state index is 13.5. The van der Waals surface area contributed by atoms with Gasteiger partial charge in [-0.05, 0) is 86.8 Å². The molecular formula is C24H25ClN2O3S. The van der Waals surface area contributed by atoms with Gasteiger partial charge in [-0.15, -0.1) is 0 Å². The zero-order valence-electron chi connectivity index (χ0n) is 17.9. The normalized spacial score (nSPS) is 11.3. The molecule has 3 aromatic carbocycles. The highest BCUT2D eigenvalue weighted by atomic mass is 35.5. The largest absolute Gasteiger partial charge is 0.324 e. The number of hydrogen-bond donors (Lipinski definition) is 1.